The molecule has 0 aliphatic rings. The molecule has 104 valence electrons. The normalized spacial score (nSPS) is 10.0. The van der Waals surface area contributed by atoms with Crippen LogP contribution in [0.2, 0.25) is 0 Å². The van der Waals surface area contributed by atoms with Crippen LogP contribution in [0.1, 0.15) is 35.7 Å². The second-order valence-electron chi connectivity index (χ2n) is 4.00. The van der Waals surface area contributed by atoms with Crippen LogP contribution in [0.25, 0.3) is 0 Å². The zero-order chi connectivity index (χ0) is 14.1. The van der Waals surface area contributed by atoms with Crippen molar-refractivity contribution in [3.8, 4) is 0 Å². The first kappa shape index (κ1) is 15.5. The standard InChI is InChI=1S/C14H18ClNO3/c1-2-19-13(17)4-3-9-16-14(18)12-7-5-11(10-15)6-8-12/h5-8H,2-4,9-10H2,1H3,(H,16,18). The molecule has 0 atom stereocenters. The molecular formula is C14H18ClNO3. The van der Waals surface area contributed by atoms with E-state index in [4.69, 9.17) is 16.3 Å². The van der Waals surface area contributed by atoms with E-state index >= 15 is 0 Å². The fraction of sp³-hybridized carbons (Fsp3) is 0.429. The number of hydrogen-bond donors (Lipinski definition) is 1. The minimum absolute atomic E-state index is 0.148. The van der Waals surface area contributed by atoms with Gasteiger partial charge in [-0.1, -0.05) is 12.1 Å². The number of halogens is 1. The van der Waals surface area contributed by atoms with Gasteiger partial charge in [-0.3, -0.25) is 9.59 Å². The molecule has 0 fully saturated rings. The molecule has 1 aromatic rings. The molecule has 1 amide bonds. The van der Waals surface area contributed by atoms with Gasteiger partial charge in [0, 0.05) is 24.4 Å². The molecule has 0 saturated heterocycles. The summed E-state index contributed by atoms with van der Waals surface area (Å²) in [6.07, 6.45) is 0.893. The molecule has 0 unspecified atom stereocenters. The predicted molar refractivity (Wildman–Crippen MR) is 74.2 cm³/mol. The lowest BCUT2D eigenvalue weighted by molar-refractivity contribution is -0.143. The number of rotatable bonds is 7. The van der Waals surface area contributed by atoms with E-state index in [0.717, 1.165) is 5.56 Å². The maximum atomic E-state index is 11.8. The highest BCUT2D eigenvalue weighted by Gasteiger charge is 2.06. The van der Waals surface area contributed by atoms with E-state index in [1.165, 1.54) is 0 Å². The zero-order valence-corrected chi connectivity index (χ0v) is 11.7. The number of esters is 1. The maximum Gasteiger partial charge on any atom is 0.305 e. The molecule has 1 N–H and O–H groups in total. The van der Waals surface area contributed by atoms with E-state index in [-0.39, 0.29) is 11.9 Å². The molecule has 1 aromatic carbocycles. The summed E-state index contributed by atoms with van der Waals surface area (Å²) in [7, 11) is 0. The van der Waals surface area contributed by atoms with Gasteiger partial charge in [-0.05, 0) is 31.0 Å². The van der Waals surface area contributed by atoms with Crippen LogP contribution < -0.4 is 5.32 Å². The molecule has 0 saturated carbocycles. The molecule has 19 heavy (non-hydrogen) atoms. The molecule has 5 heteroatoms. The molecule has 0 aliphatic heterocycles. The van der Waals surface area contributed by atoms with Crippen molar-refractivity contribution < 1.29 is 14.3 Å². The first-order chi connectivity index (χ1) is 9.17. The summed E-state index contributed by atoms with van der Waals surface area (Å²) >= 11 is 5.67. The van der Waals surface area contributed by atoms with Crippen LogP contribution in [0.5, 0.6) is 0 Å². The molecule has 0 spiro atoms. The monoisotopic (exact) mass is 283 g/mol. The number of ether oxygens (including phenoxy) is 1. The van der Waals surface area contributed by atoms with E-state index in [2.05, 4.69) is 5.32 Å². The van der Waals surface area contributed by atoms with Crippen LogP contribution in [-0.4, -0.2) is 25.0 Å². The number of hydrogen-bond acceptors (Lipinski definition) is 3. The third-order valence-electron chi connectivity index (χ3n) is 2.52. The van der Waals surface area contributed by atoms with Gasteiger partial charge in [0.25, 0.3) is 5.91 Å². The van der Waals surface area contributed by atoms with Crippen LogP contribution in [0.4, 0.5) is 0 Å². The van der Waals surface area contributed by atoms with Gasteiger partial charge >= 0.3 is 5.97 Å². The van der Waals surface area contributed by atoms with E-state index in [1.807, 2.05) is 12.1 Å². The first-order valence-corrected chi connectivity index (χ1v) is 6.79. The number of nitrogens with one attached hydrogen (secondary N) is 1. The van der Waals surface area contributed by atoms with Gasteiger partial charge in [0.1, 0.15) is 0 Å². The Hall–Kier alpha value is -1.55. The molecule has 1 rings (SSSR count). The highest BCUT2D eigenvalue weighted by atomic mass is 35.5. The molecule has 0 aromatic heterocycles. The van der Waals surface area contributed by atoms with Gasteiger partial charge < -0.3 is 10.1 Å². The maximum absolute atomic E-state index is 11.8. The summed E-state index contributed by atoms with van der Waals surface area (Å²) < 4.78 is 4.79. The summed E-state index contributed by atoms with van der Waals surface area (Å²) in [6, 6.07) is 7.11. The molecule has 0 radical (unpaired) electrons. The van der Waals surface area contributed by atoms with Crippen molar-refractivity contribution in [1.82, 2.24) is 5.32 Å². The Bertz CT molecular complexity index is 417. The van der Waals surface area contributed by atoms with Crippen LogP contribution >= 0.6 is 11.6 Å². The minimum Gasteiger partial charge on any atom is -0.466 e. The summed E-state index contributed by atoms with van der Waals surface area (Å²) in [5.74, 6) is 0.0507. The van der Waals surface area contributed by atoms with E-state index in [9.17, 15) is 9.59 Å². The van der Waals surface area contributed by atoms with E-state index < -0.39 is 0 Å². The average molecular weight is 284 g/mol. The Morgan fingerprint density at radius 1 is 1.26 bits per heavy atom. The highest BCUT2D eigenvalue weighted by Crippen LogP contribution is 2.06. The van der Waals surface area contributed by atoms with Crippen molar-refractivity contribution in [2.45, 2.75) is 25.6 Å². The quantitative estimate of drug-likeness (QED) is 0.475. The van der Waals surface area contributed by atoms with Crippen molar-refractivity contribution in [2.75, 3.05) is 13.2 Å². The lowest BCUT2D eigenvalue weighted by Gasteiger charge is -2.05. The lowest BCUT2D eigenvalue weighted by atomic mass is 10.1. The average Bonchev–Trinajstić information content (AvgIpc) is 2.44. The van der Waals surface area contributed by atoms with Crippen molar-refractivity contribution in [1.29, 1.82) is 0 Å². The van der Waals surface area contributed by atoms with Crippen molar-refractivity contribution in [2.24, 2.45) is 0 Å². The lowest BCUT2D eigenvalue weighted by Crippen LogP contribution is -2.25. The Labute approximate surface area is 118 Å². The van der Waals surface area contributed by atoms with Crippen LogP contribution in [0.3, 0.4) is 0 Å². The number of carbonyl (C=O) groups excluding carboxylic acids is 2. The van der Waals surface area contributed by atoms with Gasteiger partial charge in [-0.15, -0.1) is 11.6 Å². The third kappa shape index (κ3) is 5.75. The Balaban J connectivity index is 2.29. The van der Waals surface area contributed by atoms with Gasteiger partial charge in [-0.2, -0.15) is 0 Å². The molecule has 0 heterocycles. The number of amides is 1. The van der Waals surface area contributed by atoms with Crippen LogP contribution in [0.15, 0.2) is 24.3 Å². The van der Waals surface area contributed by atoms with Crippen LogP contribution in [0, 0.1) is 0 Å². The largest absolute Gasteiger partial charge is 0.466 e. The van der Waals surface area contributed by atoms with Crippen LogP contribution in [-0.2, 0) is 15.4 Å². The summed E-state index contributed by atoms with van der Waals surface area (Å²) in [4.78, 5) is 22.8. The molecule has 4 nitrogen and oxygen atoms in total. The first-order valence-electron chi connectivity index (χ1n) is 6.26. The third-order valence-corrected chi connectivity index (χ3v) is 2.83. The van der Waals surface area contributed by atoms with E-state index in [1.54, 1.807) is 19.1 Å². The summed E-state index contributed by atoms with van der Waals surface area (Å²) in [6.45, 7) is 2.61. The Kier molecular flexibility index (Phi) is 6.97. The SMILES string of the molecule is CCOC(=O)CCCNC(=O)c1ccc(CCl)cc1. The topological polar surface area (TPSA) is 55.4 Å². The number of alkyl halides is 1. The molecule has 0 aliphatic carbocycles. The van der Waals surface area contributed by atoms with E-state index in [0.29, 0.717) is 37.4 Å². The smallest absolute Gasteiger partial charge is 0.305 e. The fourth-order valence-electron chi connectivity index (χ4n) is 1.52. The van der Waals surface area contributed by atoms with Crippen molar-refractivity contribution in [3.63, 3.8) is 0 Å². The number of benzene rings is 1. The number of carbonyl (C=O) groups is 2. The van der Waals surface area contributed by atoms with Gasteiger partial charge in [-0.25, -0.2) is 0 Å². The van der Waals surface area contributed by atoms with Crippen molar-refractivity contribution >= 4 is 23.5 Å². The second kappa shape index (κ2) is 8.53. The van der Waals surface area contributed by atoms with Gasteiger partial charge in [0.15, 0.2) is 0 Å². The molecular weight excluding hydrogens is 266 g/mol. The zero-order valence-electron chi connectivity index (χ0n) is 10.9. The van der Waals surface area contributed by atoms with Gasteiger partial charge in [0.05, 0.1) is 6.61 Å². The fourth-order valence-corrected chi connectivity index (χ4v) is 1.69. The predicted octanol–water partition coefficient (Wildman–Crippen LogP) is 2.50. The summed E-state index contributed by atoms with van der Waals surface area (Å²) in [5.41, 5.74) is 1.56. The minimum atomic E-state index is -0.233. The highest BCUT2D eigenvalue weighted by molar-refractivity contribution is 6.17. The Morgan fingerprint density at radius 3 is 2.53 bits per heavy atom. The van der Waals surface area contributed by atoms with Gasteiger partial charge in [0.2, 0.25) is 0 Å². The molecule has 0 bridgehead atoms. The Morgan fingerprint density at radius 2 is 1.95 bits per heavy atom. The second-order valence-corrected chi connectivity index (χ2v) is 4.26. The van der Waals surface area contributed by atoms with Crippen molar-refractivity contribution in [3.05, 3.63) is 35.4 Å². The summed E-state index contributed by atoms with van der Waals surface area (Å²) in [5, 5.41) is 2.75.